The Morgan fingerprint density at radius 1 is 1.00 bits per heavy atom. The van der Waals surface area contributed by atoms with Crippen LogP contribution in [0.4, 0.5) is 0 Å². The van der Waals surface area contributed by atoms with Crippen molar-refractivity contribution in [2.24, 2.45) is 0 Å². The Morgan fingerprint density at radius 2 is 1.74 bits per heavy atom. The standard InChI is InChI=1S/C22H20N4O/c1-16-9-6-7-13-20(16)26-21-19(15-23-26)17(2)24-25(22(21)27)14-8-12-18-10-4-3-5-11-18/h3-13,15H,14H2,1-2H3/b12-8+. The van der Waals surface area contributed by atoms with Crippen molar-refractivity contribution in [3.05, 3.63) is 94.0 Å². The fourth-order valence-electron chi connectivity index (χ4n) is 3.18. The molecule has 0 aliphatic heterocycles. The quantitative estimate of drug-likeness (QED) is 0.557. The van der Waals surface area contributed by atoms with Gasteiger partial charge in [0.15, 0.2) is 0 Å². The van der Waals surface area contributed by atoms with Gasteiger partial charge in [-0.05, 0) is 31.0 Å². The van der Waals surface area contributed by atoms with E-state index in [1.54, 1.807) is 10.9 Å². The van der Waals surface area contributed by atoms with Crippen molar-refractivity contribution in [1.82, 2.24) is 19.6 Å². The van der Waals surface area contributed by atoms with E-state index in [9.17, 15) is 4.79 Å². The third-order valence-electron chi connectivity index (χ3n) is 4.60. The predicted octanol–water partition coefficient (Wildman–Crippen LogP) is 3.91. The molecule has 5 nitrogen and oxygen atoms in total. The van der Waals surface area contributed by atoms with Gasteiger partial charge in [-0.2, -0.15) is 10.2 Å². The van der Waals surface area contributed by atoms with Gasteiger partial charge in [0.1, 0.15) is 5.52 Å². The number of fused-ring (bicyclic) bond motifs is 1. The second kappa shape index (κ2) is 7.03. The fraction of sp³-hybridized carbons (Fsp3) is 0.136. The summed E-state index contributed by atoms with van der Waals surface area (Å²) in [5.74, 6) is 0. The van der Waals surface area contributed by atoms with Crippen molar-refractivity contribution in [3.63, 3.8) is 0 Å². The van der Waals surface area contributed by atoms with Gasteiger partial charge in [-0.1, -0.05) is 60.7 Å². The first-order valence-electron chi connectivity index (χ1n) is 8.88. The van der Waals surface area contributed by atoms with Gasteiger partial charge in [-0.15, -0.1) is 0 Å². The Kier molecular flexibility index (Phi) is 4.42. The molecule has 0 spiro atoms. The van der Waals surface area contributed by atoms with Gasteiger partial charge in [-0.3, -0.25) is 4.79 Å². The lowest BCUT2D eigenvalue weighted by Crippen LogP contribution is -2.25. The van der Waals surface area contributed by atoms with E-state index >= 15 is 0 Å². The molecule has 2 aromatic carbocycles. The summed E-state index contributed by atoms with van der Waals surface area (Å²) in [6.07, 6.45) is 5.66. The van der Waals surface area contributed by atoms with Crippen LogP contribution in [0.5, 0.6) is 0 Å². The molecule has 27 heavy (non-hydrogen) atoms. The van der Waals surface area contributed by atoms with Gasteiger partial charge >= 0.3 is 0 Å². The molecule has 0 bridgehead atoms. The summed E-state index contributed by atoms with van der Waals surface area (Å²) in [5, 5.41) is 9.71. The molecule has 0 amide bonds. The van der Waals surface area contributed by atoms with E-state index in [0.717, 1.165) is 27.9 Å². The van der Waals surface area contributed by atoms with E-state index < -0.39 is 0 Å². The molecule has 0 atom stereocenters. The van der Waals surface area contributed by atoms with Crippen molar-refractivity contribution in [1.29, 1.82) is 0 Å². The van der Waals surface area contributed by atoms with Crippen LogP contribution in [-0.2, 0) is 6.54 Å². The molecule has 0 fully saturated rings. The van der Waals surface area contributed by atoms with E-state index in [-0.39, 0.29) is 5.56 Å². The number of rotatable bonds is 4. The van der Waals surface area contributed by atoms with E-state index in [0.29, 0.717) is 12.1 Å². The SMILES string of the molecule is Cc1ccccc1-n1ncc2c(C)nn(C/C=C/c3ccccc3)c(=O)c21. The second-order valence-corrected chi connectivity index (χ2v) is 6.49. The molecular weight excluding hydrogens is 336 g/mol. The Labute approximate surface area is 157 Å². The number of benzene rings is 2. The Balaban J connectivity index is 1.78. The van der Waals surface area contributed by atoms with Crippen molar-refractivity contribution in [2.75, 3.05) is 0 Å². The maximum absolute atomic E-state index is 13.1. The normalized spacial score (nSPS) is 11.5. The molecule has 4 rings (SSSR count). The van der Waals surface area contributed by atoms with Gasteiger partial charge < -0.3 is 0 Å². The highest BCUT2D eigenvalue weighted by atomic mass is 16.1. The summed E-state index contributed by atoms with van der Waals surface area (Å²) >= 11 is 0. The molecule has 134 valence electrons. The lowest BCUT2D eigenvalue weighted by molar-refractivity contribution is 0.647. The molecule has 4 aromatic rings. The summed E-state index contributed by atoms with van der Waals surface area (Å²) < 4.78 is 3.21. The second-order valence-electron chi connectivity index (χ2n) is 6.49. The summed E-state index contributed by atoms with van der Waals surface area (Å²) in [6, 6.07) is 17.9. The zero-order valence-corrected chi connectivity index (χ0v) is 15.3. The van der Waals surface area contributed by atoms with Crippen molar-refractivity contribution in [3.8, 4) is 5.69 Å². The molecule has 5 heteroatoms. The smallest absolute Gasteiger partial charge is 0.265 e. The van der Waals surface area contributed by atoms with Crippen LogP contribution in [0.15, 0.2) is 71.7 Å². The average Bonchev–Trinajstić information content (AvgIpc) is 3.13. The van der Waals surface area contributed by atoms with Crippen LogP contribution in [0.1, 0.15) is 16.8 Å². The molecule has 0 radical (unpaired) electrons. The fourth-order valence-corrected chi connectivity index (χ4v) is 3.18. The van der Waals surface area contributed by atoms with Crippen molar-refractivity contribution in [2.45, 2.75) is 20.4 Å². The molecule has 0 unspecified atom stereocenters. The van der Waals surface area contributed by atoms with Crippen LogP contribution < -0.4 is 5.56 Å². The largest absolute Gasteiger partial charge is 0.293 e. The maximum atomic E-state index is 13.1. The number of aryl methyl sites for hydroxylation is 2. The first-order chi connectivity index (χ1) is 13.1. The molecule has 2 aromatic heterocycles. The molecule has 0 aliphatic carbocycles. The summed E-state index contributed by atoms with van der Waals surface area (Å²) in [5.41, 5.74) is 4.26. The average molecular weight is 356 g/mol. The molecule has 0 saturated heterocycles. The van der Waals surface area contributed by atoms with Crippen LogP contribution in [0.3, 0.4) is 0 Å². The lowest BCUT2D eigenvalue weighted by atomic mass is 10.2. The zero-order valence-electron chi connectivity index (χ0n) is 15.3. The maximum Gasteiger partial charge on any atom is 0.293 e. The number of para-hydroxylation sites is 1. The van der Waals surface area contributed by atoms with Crippen LogP contribution >= 0.6 is 0 Å². The van der Waals surface area contributed by atoms with Gasteiger partial charge in [-0.25, -0.2) is 9.36 Å². The Morgan fingerprint density at radius 3 is 2.52 bits per heavy atom. The van der Waals surface area contributed by atoms with Gasteiger partial charge in [0.2, 0.25) is 0 Å². The van der Waals surface area contributed by atoms with Crippen LogP contribution in [0, 0.1) is 13.8 Å². The third kappa shape index (κ3) is 3.19. The van der Waals surface area contributed by atoms with Gasteiger partial charge in [0, 0.05) is 5.39 Å². The van der Waals surface area contributed by atoms with E-state index in [4.69, 9.17) is 0 Å². The third-order valence-corrected chi connectivity index (χ3v) is 4.60. The lowest BCUT2D eigenvalue weighted by Gasteiger charge is -2.09. The number of aromatic nitrogens is 4. The van der Waals surface area contributed by atoms with Crippen LogP contribution in [0.2, 0.25) is 0 Å². The highest BCUT2D eigenvalue weighted by Crippen LogP contribution is 2.19. The van der Waals surface area contributed by atoms with Gasteiger partial charge in [0.05, 0.1) is 24.1 Å². The Hall–Kier alpha value is -3.47. The van der Waals surface area contributed by atoms with Crippen molar-refractivity contribution >= 4 is 17.0 Å². The number of hydrogen-bond donors (Lipinski definition) is 0. The first-order valence-corrected chi connectivity index (χ1v) is 8.88. The topological polar surface area (TPSA) is 52.7 Å². The summed E-state index contributed by atoms with van der Waals surface area (Å²) in [6.45, 7) is 4.32. The molecule has 2 heterocycles. The zero-order chi connectivity index (χ0) is 18.8. The number of nitrogens with zero attached hydrogens (tertiary/aromatic N) is 4. The van der Waals surface area contributed by atoms with Crippen LogP contribution in [0.25, 0.3) is 22.7 Å². The van der Waals surface area contributed by atoms with E-state index in [1.807, 2.05) is 80.6 Å². The monoisotopic (exact) mass is 356 g/mol. The van der Waals surface area contributed by atoms with Crippen LogP contribution in [-0.4, -0.2) is 19.6 Å². The summed E-state index contributed by atoms with van der Waals surface area (Å²) in [4.78, 5) is 13.1. The highest BCUT2D eigenvalue weighted by Gasteiger charge is 2.15. The molecular formula is C22H20N4O. The van der Waals surface area contributed by atoms with Gasteiger partial charge in [0.25, 0.3) is 5.56 Å². The first kappa shape index (κ1) is 17.0. The summed E-state index contributed by atoms with van der Waals surface area (Å²) in [7, 11) is 0. The molecule has 0 aliphatic rings. The predicted molar refractivity (Wildman–Crippen MR) is 108 cm³/mol. The minimum Gasteiger partial charge on any atom is -0.265 e. The highest BCUT2D eigenvalue weighted by molar-refractivity contribution is 5.81. The Bertz CT molecular complexity index is 1190. The van der Waals surface area contributed by atoms with E-state index in [1.165, 1.54) is 4.68 Å². The molecule has 0 saturated carbocycles. The van der Waals surface area contributed by atoms with Crippen molar-refractivity contribution < 1.29 is 0 Å². The number of allylic oxidation sites excluding steroid dienone is 1. The van der Waals surface area contributed by atoms with E-state index in [2.05, 4.69) is 10.2 Å². The minimum atomic E-state index is -0.144. The number of hydrogen-bond acceptors (Lipinski definition) is 3. The molecule has 0 N–H and O–H groups in total. The minimum absolute atomic E-state index is 0.144.